The van der Waals surface area contributed by atoms with E-state index in [9.17, 15) is 18.3 Å². The van der Waals surface area contributed by atoms with Crippen LogP contribution in [0.1, 0.15) is 31.7 Å². The molecule has 1 atom stereocenters. The number of aliphatic hydroxyl groups is 1. The summed E-state index contributed by atoms with van der Waals surface area (Å²) in [5.41, 5.74) is 3.68. The van der Waals surface area contributed by atoms with Gasteiger partial charge in [0.2, 0.25) is 0 Å². The Morgan fingerprint density at radius 3 is 2.45 bits per heavy atom. The Morgan fingerprint density at radius 1 is 1.20 bits per heavy atom. The summed E-state index contributed by atoms with van der Waals surface area (Å²) in [7, 11) is 0. The molecule has 1 aromatic carbocycles. The van der Waals surface area contributed by atoms with Crippen LogP contribution in [0.25, 0.3) is 0 Å². The molecule has 3 N–H and O–H groups in total. The lowest BCUT2D eigenvalue weighted by Crippen LogP contribution is -2.33. The molecule has 0 amide bonds. The Labute approximate surface area is 116 Å². The second-order valence-electron chi connectivity index (χ2n) is 5.00. The summed E-state index contributed by atoms with van der Waals surface area (Å²) in [6, 6.07) is 5.13. The number of para-hydroxylation sites is 1. The van der Waals surface area contributed by atoms with Gasteiger partial charge in [-0.1, -0.05) is 12.1 Å². The molecule has 0 aromatic heterocycles. The molecule has 20 heavy (non-hydrogen) atoms. The molecular formula is C14H20F3NO2. The smallest absolute Gasteiger partial charge is 0.419 e. The zero-order chi connectivity index (χ0) is 15.2. The lowest BCUT2D eigenvalue weighted by atomic mass is 10.00. The highest BCUT2D eigenvalue weighted by atomic mass is 19.4. The first-order valence-corrected chi connectivity index (χ1v) is 6.48. The Kier molecular flexibility index (Phi) is 5.83. The molecule has 1 rings (SSSR count). The van der Waals surface area contributed by atoms with E-state index >= 15 is 0 Å². The normalized spacial score (nSPS) is 14.9. The Morgan fingerprint density at radius 2 is 1.85 bits per heavy atom. The van der Waals surface area contributed by atoms with Gasteiger partial charge in [-0.2, -0.15) is 13.2 Å². The van der Waals surface area contributed by atoms with Gasteiger partial charge in [0.25, 0.3) is 0 Å². The van der Waals surface area contributed by atoms with E-state index in [1.807, 2.05) is 0 Å². The highest BCUT2D eigenvalue weighted by Crippen LogP contribution is 2.35. The lowest BCUT2D eigenvalue weighted by molar-refractivity contribution is -0.138. The predicted octanol–water partition coefficient (Wildman–Crippen LogP) is 2.96. The van der Waals surface area contributed by atoms with E-state index in [4.69, 9.17) is 10.5 Å². The van der Waals surface area contributed by atoms with Crippen LogP contribution in [0.3, 0.4) is 0 Å². The number of nitrogens with two attached hydrogens (primary N) is 1. The van der Waals surface area contributed by atoms with Crippen molar-refractivity contribution in [2.75, 3.05) is 13.2 Å². The van der Waals surface area contributed by atoms with Gasteiger partial charge in [-0.05, 0) is 38.3 Å². The topological polar surface area (TPSA) is 55.5 Å². The molecule has 0 aliphatic carbocycles. The van der Waals surface area contributed by atoms with Crippen LogP contribution in [0.4, 0.5) is 13.2 Å². The van der Waals surface area contributed by atoms with E-state index in [0.717, 1.165) is 6.07 Å². The standard InChI is InChI=1S/C14H20F3NO2/c1-13(19,10-18)8-4-5-9-20-12-7-3-2-6-11(12)14(15,16)17/h2-3,6-7,19H,4-5,8-10,18H2,1H3. The maximum absolute atomic E-state index is 12.7. The molecule has 0 radical (unpaired) electrons. The van der Waals surface area contributed by atoms with E-state index in [1.54, 1.807) is 6.92 Å². The molecule has 0 spiro atoms. The highest BCUT2D eigenvalue weighted by Gasteiger charge is 2.33. The molecule has 3 nitrogen and oxygen atoms in total. The van der Waals surface area contributed by atoms with Crippen LogP contribution in [-0.4, -0.2) is 23.9 Å². The van der Waals surface area contributed by atoms with Crippen molar-refractivity contribution in [3.8, 4) is 5.75 Å². The third-order valence-corrected chi connectivity index (χ3v) is 3.00. The summed E-state index contributed by atoms with van der Waals surface area (Å²) >= 11 is 0. The fraction of sp³-hybridized carbons (Fsp3) is 0.571. The molecule has 1 unspecified atom stereocenters. The van der Waals surface area contributed by atoms with Crippen LogP contribution in [0.15, 0.2) is 24.3 Å². The molecule has 0 saturated carbocycles. The number of ether oxygens (including phenoxy) is 1. The number of hydrogen-bond donors (Lipinski definition) is 2. The fourth-order valence-electron chi connectivity index (χ4n) is 1.72. The molecule has 0 aliphatic rings. The molecule has 6 heteroatoms. The highest BCUT2D eigenvalue weighted by molar-refractivity contribution is 5.35. The molecule has 114 valence electrons. The zero-order valence-corrected chi connectivity index (χ0v) is 11.4. The summed E-state index contributed by atoms with van der Waals surface area (Å²) in [6.45, 7) is 1.96. The minimum absolute atomic E-state index is 0.158. The summed E-state index contributed by atoms with van der Waals surface area (Å²) in [5, 5.41) is 9.68. The molecule has 0 heterocycles. The molecular weight excluding hydrogens is 271 g/mol. The van der Waals surface area contributed by atoms with E-state index in [2.05, 4.69) is 0 Å². The minimum Gasteiger partial charge on any atom is -0.493 e. The zero-order valence-electron chi connectivity index (χ0n) is 11.4. The van der Waals surface area contributed by atoms with Crippen LogP contribution in [0.2, 0.25) is 0 Å². The first-order chi connectivity index (χ1) is 9.26. The number of rotatable bonds is 7. The summed E-state index contributed by atoms with van der Waals surface area (Å²) in [5.74, 6) is -0.161. The number of alkyl halides is 3. The van der Waals surface area contributed by atoms with Gasteiger partial charge in [-0.3, -0.25) is 0 Å². The first-order valence-electron chi connectivity index (χ1n) is 6.48. The third-order valence-electron chi connectivity index (χ3n) is 3.00. The van der Waals surface area contributed by atoms with E-state index in [1.165, 1.54) is 18.2 Å². The maximum atomic E-state index is 12.7. The number of hydrogen-bond acceptors (Lipinski definition) is 3. The van der Waals surface area contributed by atoms with Crippen LogP contribution in [0, 0.1) is 0 Å². The van der Waals surface area contributed by atoms with Crippen molar-refractivity contribution < 1.29 is 23.0 Å². The third kappa shape index (κ3) is 5.38. The van der Waals surface area contributed by atoms with Gasteiger partial charge in [-0.15, -0.1) is 0 Å². The van der Waals surface area contributed by atoms with Crippen molar-refractivity contribution in [2.45, 2.75) is 38.0 Å². The SMILES string of the molecule is CC(O)(CN)CCCCOc1ccccc1C(F)(F)F. The number of benzene rings is 1. The summed E-state index contributed by atoms with van der Waals surface area (Å²) in [6.07, 6.45) is -2.73. The molecule has 1 aromatic rings. The van der Waals surface area contributed by atoms with Crippen LogP contribution >= 0.6 is 0 Å². The van der Waals surface area contributed by atoms with E-state index < -0.39 is 17.3 Å². The van der Waals surface area contributed by atoms with Gasteiger partial charge in [0.15, 0.2) is 0 Å². The Balaban J connectivity index is 2.44. The molecule has 0 fully saturated rings. The molecule has 0 aliphatic heterocycles. The van der Waals surface area contributed by atoms with Crippen molar-refractivity contribution in [2.24, 2.45) is 5.73 Å². The van der Waals surface area contributed by atoms with Crippen LogP contribution in [0.5, 0.6) is 5.75 Å². The Bertz CT molecular complexity index is 419. The predicted molar refractivity (Wildman–Crippen MR) is 70.5 cm³/mol. The monoisotopic (exact) mass is 291 g/mol. The van der Waals surface area contributed by atoms with Gasteiger partial charge in [0.05, 0.1) is 17.8 Å². The largest absolute Gasteiger partial charge is 0.493 e. The second-order valence-corrected chi connectivity index (χ2v) is 5.00. The van der Waals surface area contributed by atoms with Crippen molar-refractivity contribution in [3.63, 3.8) is 0 Å². The summed E-state index contributed by atoms with van der Waals surface area (Å²) in [4.78, 5) is 0. The minimum atomic E-state index is -4.42. The summed E-state index contributed by atoms with van der Waals surface area (Å²) < 4.78 is 43.3. The molecule has 0 bridgehead atoms. The fourth-order valence-corrected chi connectivity index (χ4v) is 1.72. The van der Waals surface area contributed by atoms with Gasteiger partial charge in [0, 0.05) is 6.54 Å². The second kappa shape index (κ2) is 6.95. The van der Waals surface area contributed by atoms with Crippen molar-refractivity contribution in [1.82, 2.24) is 0 Å². The van der Waals surface area contributed by atoms with Gasteiger partial charge in [0.1, 0.15) is 5.75 Å². The van der Waals surface area contributed by atoms with Crippen molar-refractivity contribution >= 4 is 0 Å². The number of halogens is 3. The van der Waals surface area contributed by atoms with Gasteiger partial charge < -0.3 is 15.6 Å². The number of unbranched alkanes of at least 4 members (excludes halogenated alkanes) is 1. The van der Waals surface area contributed by atoms with Crippen molar-refractivity contribution in [3.05, 3.63) is 29.8 Å². The lowest BCUT2D eigenvalue weighted by Gasteiger charge is -2.20. The van der Waals surface area contributed by atoms with Crippen LogP contribution < -0.4 is 10.5 Å². The average molecular weight is 291 g/mol. The van der Waals surface area contributed by atoms with E-state index in [-0.39, 0.29) is 18.9 Å². The first kappa shape index (κ1) is 16.8. The quantitative estimate of drug-likeness (QED) is 0.759. The Hall–Kier alpha value is -1.27. The van der Waals surface area contributed by atoms with E-state index in [0.29, 0.717) is 19.3 Å². The van der Waals surface area contributed by atoms with Gasteiger partial charge in [-0.25, -0.2) is 0 Å². The maximum Gasteiger partial charge on any atom is 0.419 e. The molecule has 0 saturated heterocycles. The van der Waals surface area contributed by atoms with Gasteiger partial charge >= 0.3 is 6.18 Å². The van der Waals surface area contributed by atoms with Crippen molar-refractivity contribution in [1.29, 1.82) is 0 Å². The average Bonchev–Trinajstić information content (AvgIpc) is 2.37. The van der Waals surface area contributed by atoms with Crippen LogP contribution in [-0.2, 0) is 6.18 Å².